The molecule has 0 amide bonds. The number of nitrogens with one attached hydrogen (secondary N) is 1. The van der Waals surface area contributed by atoms with E-state index in [-0.39, 0.29) is 5.54 Å². The van der Waals surface area contributed by atoms with E-state index in [4.69, 9.17) is 17.2 Å². The lowest BCUT2D eigenvalue weighted by Crippen LogP contribution is -2.30. The van der Waals surface area contributed by atoms with Crippen molar-refractivity contribution in [3.05, 3.63) is 65.7 Å². The molecule has 2 aromatic carbocycles. The molecule has 2 aromatic rings. The fraction of sp³-hybridized carbons (Fsp3) is 0.263. The van der Waals surface area contributed by atoms with E-state index in [0.717, 1.165) is 22.8 Å². The Morgan fingerprint density at radius 3 is 2.55 bits per heavy atom. The second-order valence-corrected chi connectivity index (χ2v) is 6.79. The minimum absolute atomic E-state index is 0.0634. The lowest BCUT2D eigenvalue weighted by Gasteiger charge is -2.29. The normalized spacial score (nSPS) is 15.6. The Labute approximate surface area is 137 Å². The van der Waals surface area contributed by atoms with Gasteiger partial charge in [0.25, 0.3) is 0 Å². The summed E-state index contributed by atoms with van der Waals surface area (Å²) in [5.41, 5.74) is 4.64. The quantitative estimate of drug-likeness (QED) is 0.835. The van der Waals surface area contributed by atoms with Gasteiger partial charge in [0.1, 0.15) is 0 Å². The van der Waals surface area contributed by atoms with Crippen molar-refractivity contribution in [2.75, 3.05) is 5.32 Å². The zero-order chi connectivity index (χ0) is 15.6. The van der Waals surface area contributed by atoms with Crippen LogP contribution in [-0.4, -0.2) is 16.2 Å². The van der Waals surface area contributed by atoms with Gasteiger partial charge in [-0.2, -0.15) is 0 Å². The van der Waals surface area contributed by atoms with E-state index in [1.807, 2.05) is 30.3 Å². The summed E-state index contributed by atoms with van der Waals surface area (Å²) in [7, 11) is 0. The van der Waals surface area contributed by atoms with Crippen LogP contribution < -0.4 is 5.32 Å². The van der Waals surface area contributed by atoms with Crippen molar-refractivity contribution in [2.45, 2.75) is 32.2 Å². The topological polar surface area (TPSA) is 24.4 Å². The molecular weight excluding hydrogens is 288 g/mol. The molecule has 2 nitrogen and oxygen atoms in total. The fourth-order valence-electron chi connectivity index (χ4n) is 2.90. The molecule has 1 N–H and O–H groups in total. The second kappa shape index (κ2) is 6.01. The van der Waals surface area contributed by atoms with Crippen LogP contribution in [0.5, 0.6) is 0 Å². The van der Waals surface area contributed by atoms with Crippen LogP contribution in [0.25, 0.3) is 0 Å². The lowest BCUT2D eigenvalue weighted by molar-refractivity contribution is 0.512. The van der Waals surface area contributed by atoms with Gasteiger partial charge in [0.05, 0.1) is 10.5 Å². The molecule has 1 aliphatic rings. The minimum Gasteiger partial charge on any atom is -0.350 e. The highest BCUT2D eigenvalue weighted by atomic mass is 32.1. The van der Waals surface area contributed by atoms with Gasteiger partial charge in [0, 0.05) is 17.8 Å². The average Bonchev–Trinajstić information content (AvgIpc) is 2.47. The van der Waals surface area contributed by atoms with Crippen LogP contribution in [0.1, 0.15) is 31.4 Å². The summed E-state index contributed by atoms with van der Waals surface area (Å²) in [6, 6.07) is 18.5. The molecule has 0 aliphatic carbocycles. The molecule has 0 fully saturated rings. The van der Waals surface area contributed by atoms with Gasteiger partial charge in [-0.3, -0.25) is 4.99 Å². The Bertz CT molecular complexity index is 717. The number of anilines is 1. The molecule has 0 radical (unpaired) electrons. The maximum absolute atomic E-state index is 5.53. The van der Waals surface area contributed by atoms with Crippen molar-refractivity contribution < 1.29 is 0 Å². The third-order valence-corrected chi connectivity index (χ3v) is 4.02. The van der Waals surface area contributed by atoms with E-state index < -0.39 is 0 Å². The van der Waals surface area contributed by atoms with Crippen molar-refractivity contribution in [2.24, 2.45) is 4.99 Å². The Balaban J connectivity index is 1.81. The summed E-state index contributed by atoms with van der Waals surface area (Å²) in [5, 5.41) is 3.30. The summed E-state index contributed by atoms with van der Waals surface area (Å²) >= 11 is 5.53. The van der Waals surface area contributed by atoms with Crippen molar-refractivity contribution in [3.8, 4) is 0 Å². The van der Waals surface area contributed by atoms with Crippen molar-refractivity contribution in [1.29, 1.82) is 0 Å². The van der Waals surface area contributed by atoms with Crippen molar-refractivity contribution >= 4 is 28.6 Å². The van der Waals surface area contributed by atoms with Gasteiger partial charge in [0.15, 0.2) is 0 Å². The molecule has 112 valence electrons. The Hall–Kier alpha value is -2.00. The summed E-state index contributed by atoms with van der Waals surface area (Å²) in [4.78, 5) is 5.73. The molecule has 22 heavy (non-hydrogen) atoms. The van der Waals surface area contributed by atoms with Crippen LogP contribution in [0.15, 0.2) is 59.6 Å². The summed E-state index contributed by atoms with van der Waals surface area (Å²) in [5.74, 6) is 0. The summed E-state index contributed by atoms with van der Waals surface area (Å²) < 4.78 is 0. The predicted octanol–water partition coefficient (Wildman–Crippen LogP) is 4.64. The van der Waals surface area contributed by atoms with Gasteiger partial charge < -0.3 is 5.32 Å². The number of hydrogen-bond acceptors (Lipinski definition) is 2. The van der Waals surface area contributed by atoms with Crippen LogP contribution >= 0.6 is 12.2 Å². The molecule has 0 bridgehead atoms. The molecular formula is C19H20N2S. The molecule has 0 unspecified atom stereocenters. The Kier molecular flexibility index (Phi) is 4.08. The van der Waals surface area contributed by atoms with E-state index >= 15 is 0 Å². The third kappa shape index (κ3) is 3.42. The standard InChI is InChI=1S/C19H20N2S/c1-19(2)13-14-8-6-7-11-16(14)17(21-19)12-18(22)20-15-9-4-3-5-10-15/h3-11H,12-13H2,1-2H3,(H,20,22). The number of nitrogens with zero attached hydrogens (tertiary/aromatic N) is 1. The van der Waals surface area contributed by atoms with Gasteiger partial charge >= 0.3 is 0 Å². The first-order valence-electron chi connectivity index (χ1n) is 7.55. The molecule has 1 aliphatic heterocycles. The van der Waals surface area contributed by atoms with Crippen LogP contribution in [0.3, 0.4) is 0 Å². The Morgan fingerprint density at radius 1 is 1.09 bits per heavy atom. The highest BCUT2D eigenvalue weighted by Gasteiger charge is 2.26. The zero-order valence-electron chi connectivity index (χ0n) is 13.0. The summed E-state index contributed by atoms with van der Waals surface area (Å²) in [6.07, 6.45) is 1.65. The predicted molar refractivity (Wildman–Crippen MR) is 98.0 cm³/mol. The highest BCUT2D eigenvalue weighted by Crippen LogP contribution is 2.28. The zero-order valence-corrected chi connectivity index (χ0v) is 13.8. The van der Waals surface area contributed by atoms with Crippen LogP contribution in [-0.2, 0) is 6.42 Å². The maximum Gasteiger partial charge on any atom is 0.0857 e. The van der Waals surface area contributed by atoms with Gasteiger partial charge in [-0.25, -0.2) is 0 Å². The molecule has 0 atom stereocenters. The van der Waals surface area contributed by atoms with Crippen LogP contribution in [0.2, 0.25) is 0 Å². The van der Waals surface area contributed by atoms with Crippen LogP contribution in [0, 0.1) is 0 Å². The molecule has 3 rings (SSSR count). The third-order valence-electron chi connectivity index (χ3n) is 3.77. The van der Waals surface area contributed by atoms with Gasteiger partial charge in [0.2, 0.25) is 0 Å². The summed E-state index contributed by atoms with van der Waals surface area (Å²) in [6.45, 7) is 4.35. The number of thiocarbonyl (C=S) groups is 1. The van der Waals surface area contributed by atoms with E-state index in [9.17, 15) is 0 Å². The first-order chi connectivity index (χ1) is 10.5. The molecule has 0 aromatic heterocycles. The number of aliphatic imine (C=N–C) groups is 1. The number of hydrogen-bond donors (Lipinski definition) is 1. The molecule has 0 saturated heterocycles. The SMILES string of the molecule is CC1(C)Cc2ccccc2C(CC(=S)Nc2ccccc2)=N1. The fourth-order valence-corrected chi connectivity index (χ4v) is 3.16. The van der Waals surface area contributed by atoms with Gasteiger partial charge in [-0.1, -0.05) is 54.7 Å². The van der Waals surface area contributed by atoms with E-state index in [1.54, 1.807) is 0 Å². The molecule has 1 heterocycles. The number of fused-ring (bicyclic) bond motifs is 1. The number of benzene rings is 2. The average molecular weight is 308 g/mol. The number of rotatable bonds is 3. The second-order valence-electron chi connectivity index (χ2n) is 6.30. The monoisotopic (exact) mass is 308 g/mol. The minimum atomic E-state index is -0.0634. The Morgan fingerprint density at radius 2 is 1.77 bits per heavy atom. The maximum atomic E-state index is 5.53. The first kappa shape index (κ1) is 14.9. The van der Waals surface area contributed by atoms with Gasteiger partial charge in [-0.15, -0.1) is 0 Å². The van der Waals surface area contributed by atoms with Gasteiger partial charge in [-0.05, 0) is 43.5 Å². The van der Waals surface area contributed by atoms with Crippen molar-refractivity contribution in [3.63, 3.8) is 0 Å². The van der Waals surface area contributed by atoms with E-state index in [2.05, 4.69) is 43.4 Å². The highest BCUT2D eigenvalue weighted by molar-refractivity contribution is 7.80. The molecule has 0 saturated carbocycles. The first-order valence-corrected chi connectivity index (χ1v) is 7.96. The van der Waals surface area contributed by atoms with E-state index in [1.165, 1.54) is 11.1 Å². The number of para-hydroxylation sites is 1. The lowest BCUT2D eigenvalue weighted by atomic mass is 9.86. The largest absolute Gasteiger partial charge is 0.350 e. The molecule has 0 spiro atoms. The van der Waals surface area contributed by atoms with Crippen LogP contribution in [0.4, 0.5) is 5.69 Å². The smallest absolute Gasteiger partial charge is 0.0857 e. The van der Waals surface area contributed by atoms with E-state index in [0.29, 0.717) is 6.42 Å². The molecule has 3 heteroatoms. The van der Waals surface area contributed by atoms with Crippen molar-refractivity contribution in [1.82, 2.24) is 0 Å².